The Balaban J connectivity index is 2.02. The van der Waals surface area contributed by atoms with Crippen molar-refractivity contribution in [3.05, 3.63) is 63.0 Å². The van der Waals surface area contributed by atoms with Gasteiger partial charge in [-0.25, -0.2) is 0 Å². The van der Waals surface area contributed by atoms with Crippen LogP contribution < -0.4 is 0 Å². The van der Waals surface area contributed by atoms with Crippen LogP contribution in [0.2, 0.25) is 0 Å². The summed E-state index contributed by atoms with van der Waals surface area (Å²) in [6, 6.07) is 8.66. The number of carboxylic acids is 1. The van der Waals surface area contributed by atoms with Gasteiger partial charge in [0.1, 0.15) is 16.9 Å². The van der Waals surface area contributed by atoms with E-state index in [2.05, 4.69) is 23.2 Å². The van der Waals surface area contributed by atoms with Gasteiger partial charge in [-0.05, 0) is 38.5 Å². The maximum atomic E-state index is 11.5. The first-order chi connectivity index (χ1) is 13.4. The van der Waals surface area contributed by atoms with Crippen molar-refractivity contribution < 1.29 is 9.90 Å². The number of benzene rings is 1. The maximum Gasteiger partial charge on any atom is 0.306 e. The van der Waals surface area contributed by atoms with Crippen LogP contribution in [0.4, 0.5) is 0 Å². The molecule has 2 aromatic heterocycles. The third-order valence-electron chi connectivity index (χ3n) is 4.89. The first-order valence-corrected chi connectivity index (χ1v) is 9.55. The molecule has 1 aliphatic heterocycles. The van der Waals surface area contributed by atoms with Crippen LogP contribution in [0.3, 0.4) is 0 Å². The van der Waals surface area contributed by atoms with Crippen LogP contribution in [0.1, 0.15) is 51.2 Å². The van der Waals surface area contributed by atoms with Crippen molar-refractivity contribution in [1.82, 2.24) is 14.8 Å². The topological polar surface area (TPSA) is 104 Å². The number of rotatable bonds is 3. The number of hydrogen-bond acceptors (Lipinski definition) is 6. The van der Waals surface area contributed by atoms with Crippen molar-refractivity contribution in [2.45, 2.75) is 33.2 Å². The van der Waals surface area contributed by atoms with E-state index in [9.17, 15) is 9.90 Å². The summed E-state index contributed by atoms with van der Waals surface area (Å²) in [5, 5.41) is 27.9. The van der Waals surface area contributed by atoms with Crippen molar-refractivity contribution in [1.29, 1.82) is 5.26 Å². The maximum absolute atomic E-state index is 11.5. The number of aromatic nitrogens is 3. The van der Waals surface area contributed by atoms with Gasteiger partial charge in [-0.3, -0.25) is 14.4 Å². The average Bonchev–Trinajstić information content (AvgIpc) is 3.14. The van der Waals surface area contributed by atoms with Crippen LogP contribution in [0, 0.1) is 32.1 Å². The van der Waals surface area contributed by atoms with Crippen molar-refractivity contribution in [2.24, 2.45) is 4.99 Å². The summed E-state index contributed by atoms with van der Waals surface area (Å²) in [6.45, 7) is 5.95. The minimum absolute atomic E-state index is 0.176. The van der Waals surface area contributed by atoms with Gasteiger partial charge in [0.2, 0.25) is 0 Å². The van der Waals surface area contributed by atoms with Crippen molar-refractivity contribution >= 4 is 23.0 Å². The van der Waals surface area contributed by atoms with Gasteiger partial charge in [0.15, 0.2) is 5.82 Å². The zero-order chi connectivity index (χ0) is 20.0. The SMILES string of the molecule is Cc1sc2c(c1C)C(c1ccc(C#N)cc1)=NC(CC(=O)O)c1nnc(C)n1-2. The molecule has 8 heteroatoms. The lowest BCUT2D eigenvalue weighted by Gasteiger charge is -2.10. The van der Waals surface area contributed by atoms with E-state index in [1.54, 1.807) is 23.5 Å². The molecule has 0 fully saturated rings. The molecule has 1 unspecified atom stereocenters. The third kappa shape index (κ3) is 2.80. The summed E-state index contributed by atoms with van der Waals surface area (Å²) in [6.07, 6.45) is -0.176. The molecule has 7 nitrogen and oxygen atoms in total. The summed E-state index contributed by atoms with van der Waals surface area (Å²) in [5.41, 5.74) is 4.18. The van der Waals surface area contributed by atoms with E-state index < -0.39 is 12.0 Å². The lowest BCUT2D eigenvalue weighted by Crippen LogP contribution is -2.10. The lowest BCUT2D eigenvalue weighted by molar-refractivity contribution is -0.137. The highest BCUT2D eigenvalue weighted by molar-refractivity contribution is 7.15. The number of aliphatic carboxylic acids is 1. The number of thiophene rings is 1. The summed E-state index contributed by atoms with van der Waals surface area (Å²) in [7, 11) is 0. The molecule has 1 N–H and O–H groups in total. The first kappa shape index (κ1) is 18.1. The second-order valence-electron chi connectivity index (χ2n) is 6.68. The molecule has 3 aromatic rings. The van der Waals surface area contributed by atoms with E-state index in [4.69, 9.17) is 10.3 Å². The Morgan fingerprint density at radius 3 is 2.61 bits per heavy atom. The third-order valence-corrected chi connectivity index (χ3v) is 6.09. The van der Waals surface area contributed by atoms with E-state index in [1.807, 2.05) is 30.5 Å². The Morgan fingerprint density at radius 2 is 1.96 bits per heavy atom. The largest absolute Gasteiger partial charge is 0.481 e. The van der Waals surface area contributed by atoms with Crippen LogP contribution >= 0.6 is 11.3 Å². The number of carboxylic acid groups (broad SMARTS) is 1. The molecule has 0 bridgehead atoms. The van der Waals surface area contributed by atoms with Gasteiger partial charge in [0.25, 0.3) is 0 Å². The number of aliphatic imine (C=N–C) groups is 1. The minimum Gasteiger partial charge on any atom is -0.481 e. The molecule has 0 amide bonds. The molecule has 1 aromatic carbocycles. The Morgan fingerprint density at radius 1 is 1.25 bits per heavy atom. The standard InChI is InChI=1S/C20H17N5O2S/c1-10-11(2)28-20-17(10)18(14-6-4-13(9-21)5-7-14)22-15(8-16(26)27)19-24-23-12(3)25(19)20/h4-7,15H,8H2,1-3H3,(H,26,27). The summed E-state index contributed by atoms with van der Waals surface area (Å²) >= 11 is 1.62. The molecule has 0 aliphatic carbocycles. The Bertz CT molecular complexity index is 1160. The molecular weight excluding hydrogens is 374 g/mol. The smallest absolute Gasteiger partial charge is 0.306 e. The van der Waals surface area contributed by atoms with E-state index in [-0.39, 0.29) is 6.42 Å². The predicted octanol–water partition coefficient (Wildman–Crippen LogP) is 3.49. The van der Waals surface area contributed by atoms with Crippen molar-refractivity contribution in [3.63, 3.8) is 0 Å². The van der Waals surface area contributed by atoms with Gasteiger partial charge in [0.05, 0.1) is 23.8 Å². The monoisotopic (exact) mass is 391 g/mol. The zero-order valence-electron chi connectivity index (χ0n) is 15.6. The fourth-order valence-corrected chi connectivity index (χ4v) is 4.61. The van der Waals surface area contributed by atoms with Crippen molar-refractivity contribution in [2.75, 3.05) is 0 Å². The number of nitrogens with zero attached hydrogens (tertiary/aromatic N) is 5. The molecule has 28 heavy (non-hydrogen) atoms. The number of nitriles is 1. The van der Waals surface area contributed by atoms with Crippen LogP contribution in [-0.2, 0) is 4.79 Å². The minimum atomic E-state index is -0.946. The van der Waals surface area contributed by atoms with Gasteiger partial charge in [-0.1, -0.05) is 12.1 Å². The normalized spacial score (nSPS) is 15.2. The average molecular weight is 391 g/mol. The highest BCUT2D eigenvalue weighted by Gasteiger charge is 2.32. The second kappa shape index (κ2) is 6.69. The van der Waals surface area contributed by atoms with E-state index in [0.717, 1.165) is 32.3 Å². The molecule has 0 saturated heterocycles. The number of fused-ring (bicyclic) bond motifs is 3. The van der Waals surface area contributed by atoms with Crippen LogP contribution in [0.5, 0.6) is 0 Å². The number of hydrogen-bond donors (Lipinski definition) is 1. The number of aryl methyl sites for hydroxylation is 2. The zero-order valence-corrected chi connectivity index (χ0v) is 16.4. The Labute approximate surface area is 165 Å². The molecule has 3 heterocycles. The summed E-state index contributed by atoms with van der Waals surface area (Å²) in [5.74, 6) is 0.286. The Hall–Kier alpha value is -3.31. The molecule has 0 radical (unpaired) electrons. The fourth-order valence-electron chi connectivity index (χ4n) is 3.39. The quantitative estimate of drug-likeness (QED) is 0.736. The first-order valence-electron chi connectivity index (χ1n) is 8.73. The van der Waals surface area contributed by atoms with Crippen LogP contribution in [0.25, 0.3) is 5.00 Å². The van der Waals surface area contributed by atoms with Crippen LogP contribution in [0.15, 0.2) is 29.3 Å². The van der Waals surface area contributed by atoms with Crippen LogP contribution in [-0.4, -0.2) is 31.6 Å². The predicted molar refractivity (Wildman–Crippen MR) is 105 cm³/mol. The highest BCUT2D eigenvalue weighted by Crippen LogP contribution is 2.39. The van der Waals surface area contributed by atoms with E-state index in [1.165, 1.54) is 0 Å². The Kier molecular flexibility index (Phi) is 4.32. The highest BCUT2D eigenvalue weighted by atomic mass is 32.1. The van der Waals surface area contributed by atoms with Gasteiger partial charge in [-0.2, -0.15) is 5.26 Å². The lowest BCUT2D eigenvalue weighted by atomic mass is 9.99. The van der Waals surface area contributed by atoms with Gasteiger partial charge in [-0.15, -0.1) is 21.5 Å². The van der Waals surface area contributed by atoms with E-state index >= 15 is 0 Å². The summed E-state index contributed by atoms with van der Waals surface area (Å²) in [4.78, 5) is 17.5. The molecule has 1 atom stereocenters. The van der Waals surface area contributed by atoms with E-state index in [0.29, 0.717) is 17.2 Å². The molecule has 140 valence electrons. The molecular formula is C20H17N5O2S. The molecule has 0 spiro atoms. The molecule has 4 rings (SSSR count). The molecule has 0 saturated carbocycles. The van der Waals surface area contributed by atoms with Crippen molar-refractivity contribution in [3.8, 4) is 11.1 Å². The fraction of sp³-hybridized carbons (Fsp3) is 0.250. The number of carbonyl (C=O) groups is 1. The summed E-state index contributed by atoms with van der Waals surface area (Å²) < 4.78 is 1.92. The van der Waals surface area contributed by atoms with Gasteiger partial charge in [0, 0.05) is 16.0 Å². The second-order valence-corrected chi connectivity index (χ2v) is 7.89. The van der Waals surface area contributed by atoms with Gasteiger partial charge < -0.3 is 5.11 Å². The van der Waals surface area contributed by atoms with Gasteiger partial charge >= 0.3 is 5.97 Å². The molecule has 1 aliphatic rings.